The molecule has 0 saturated heterocycles. The van der Waals surface area contributed by atoms with Crippen molar-refractivity contribution >= 4 is 10.8 Å². The quantitative estimate of drug-likeness (QED) is 0.862. The molecule has 0 saturated carbocycles. The Morgan fingerprint density at radius 2 is 1.95 bits per heavy atom. The number of ether oxygens (including phenoxy) is 1. The number of benzene rings is 2. The molecule has 0 radical (unpaired) electrons. The molecule has 0 aliphatic carbocycles. The molecule has 2 nitrogen and oxygen atoms in total. The van der Waals surface area contributed by atoms with Gasteiger partial charge in [-0.2, -0.15) is 0 Å². The fourth-order valence-corrected chi connectivity index (χ4v) is 1.79. The Kier molecular flexibility index (Phi) is 4.32. The highest BCUT2D eigenvalue weighted by atomic mass is 19.3. The molecule has 2 aromatic carbocycles. The summed E-state index contributed by atoms with van der Waals surface area (Å²) in [6.07, 6.45) is -2.51. The molecule has 4 heteroatoms. The molecule has 0 fully saturated rings. The molecule has 0 unspecified atom stereocenters. The standard InChI is InChI=1S/C15H13F2NO/c16-15(17)10-19-14-8-7-11-4-1-2-5-12(11)13(14)6-3-9-18/h1-2,4-5,7-8,15H,9-10,18H2. The Morgan fingerprint density at radius 1 is 1.16 bits per heavy atom. The van der Waals surface area contributed by atoms with E-state index in [1.807, 2.05) is 30.3 Å². The van der Waals surface area contributed by atoms with Gasteiger partial charge in [-0.15, -0.1) is 0 Å². The molecule has 0 aliphatic heterocycles. The SMILES string of the molecule is NCC#Cc1c(OCC(F)F)ccc2ccccc12. The van der Waals surface area contributed by atoms with Crippen LogP contribution in [0.1, 0.15) is 5.56 Å². The minimum Gasteiger partial charge on any atom is -0.486 e. The van der Waals surface area contributed by atoms with Gasteiger partial charge in [-0.05, 0) is 11.5 Å². The van der Waals surface area contributed by atoms with Crippen LogP contribution in [-0.4, -0.2) is 19.6 Å². The summed E-state index contributed by atoms with van der Waals surface area (Å²) in [6, 6.07) is 11.1. The topological polar surface area (TPSA) is 35.2 Å². The molecule has 19 heavy (non-hydrogen) atoms. The molecule has 2 rings (SSSR count). The van der Waals surface area contributed by atoms with Crippen LogP contribution in [0.4, 0.5) is 8.78 Å². The van der Waals surface area contributed by atoms with Crippen LogP contribution in [0.15, 0.2) is 36.4 Å². The molecule has 0 heterocycles. The third kappa shape index (κ3) is 3.21. The van der Waals surface area contributed by atoms with Gasteiger partial charge in [-0.25, -0.2) is 8.78 Å². The van der Waals surface area contributed by atoms with Crippen LogP contribution in [0.25, 0.3) is 10.8 Å². The summed E-state index contributed by atoms with van der Waals surface area (Å²) in [7, 11) is 0. The molecule has 0 atom stereocenters. The summed E-state index contributed by atoms with van der Waals surface area (Å²) in [5, 5.41) is 1.85. The Labute approximate surface area is 110 Å². The summed E-state index contributed by atoms with van der Waals surface area (Å²) in [6.45, 7) is -0.437. The number of fused-ring (bicyclic) bond motifs is 1. The van der Waals surface area contributed by atoms with E-state index in [-0.39, 0.29) is 6.54 Å². The molecule has 0 spiro atoms. The minimum absolute atomic E-state index is 0.206. The molecule has 2 aromatic rings. The van der Waals surface area contributed by atoms with Gasteiger partial charge in [0, 0.05) is 5.39 Å². The van der Waals surface area contributed by atoms with Gasteiger partial charge in [0.05, 0.1) is 12.1 Å². The number of hydrogen-bond acceptors (Lipinski definition) is 2. The second-order valence-electron chi connectivity index (χ2n) is 3.87. The Bertz CT molecular complexity index is 629. The lowest BCUT2D eigenvalue weighted by Gasteiger charge is -2.10. The van der Waals surface area contributed by atoms with E-state index in [1.165, 1.54) is 0 Å². The fourth-order valence-electron chi connectivity index (χ4n) is 1.79. The first-order chi connectivity index (χ1) is 9.22. The molecule has 0 bridgehead atoms. The normalized spacial score (nSPS) is 10.3. The van der Waals surface area contributed by atoms with Crippen molar-refractivity contribution in [3.05, 3.63) is 42.0 Å². The van der Waals surface area contributed by atoms with E-state index in [4.69, 9.17) is 10.5 Å². The highest BCUT2D eigenvalue weighted by molar-refractivity contribution is 5.90. The van der Waals surface area contributed by atoms with E-state index in [1.54, 1.807) is 6.07 Å². The predicted octanol–water partition coefficient (Wildman–Crippen LogP) is 2.79. The number of alkyl halides is 2. The van der Waals surface area contributed by atoms with Gasteiger partial charge in [0.15, 0.2) is 0 Å². The zero-order chi connectivity index (χ0) is 13.7. The van der Waals surface area contributed by atoms with Crippen molar-refractivity contribution in [3.63, 3.8) is 0 Å². The molecule has 2 N–H and O–H groups in total. The molecule has 0 amide bonds. The van der Waals surface area contributed by atoms with E-state index < -0.39 is 13.0 Å². The van der Waals surface area contributed by atoms with Gasteiger partial charge in [0.25, 0.3) is 6.43 Å². The Morgan fingerprint density at radius 3 is 2.68 bits per heavy atom. The highest BCUT2D eigenvalue weighted by Crippen LogP contribution is 2.27. The van der Waals surface area contributed by atoms with Gasteiger partial charge in [0.1, 0.15) is 12.4 Å². The first-order valence-electron chi connectivity index (χ1n) is 5.84. The zero-order valence-electron chi connectivity index (χ0n) is 10.2. The molecular formula is C15H13F2NO. The lowest BCUT2D eigenvalue weighted by molar-refractivity contribution is 0.0818. The van der Waals surface area contributed by atoms with Crippen molar-refractivity contribution in [2.75, 3.05) is 13.2 Å². The maximum atomic E-state index is 12.2. The van der Waals surface area contributed by atoms with Crippen molar-refractivity contribution in [3.8, 4) is 17.6 Å². The fraction of sp³-hybridized carbons (Fsp3) is 0.200. The molecule has 0 aromatic heterocycles. The Balaban J connectivity index is 2.50. The van der Waals surface area contributed by atoms with Gasteiger partial charge in [-0.1, -0.05) is 42.2 Å². The van der Waals surface area contributed by atoms with Crippen molar-refractivity contribution in [1.29, 1.82) is 0 Å². The van der Waals surface area contributed by atoms with Gasteiger partial charge in [-0.3, -0.25) is 0 Å². The van der Waals surface area contributed by atoms with Crippen molar-refractivity contribution in [1.82, 2.24) is 0 Å². The number of rotatable bonds is 3. The second-order valence-corrected chi connectivity index (χ2v) is 3.87. The maximum absolute atomic E-state index is 12.2. The van der Waals surface area contributed by atoms with E-state index in [0.29, 0.717) is 11.3 Å². The van der Waals surface area contributed by atoms with Crippen LogP contribution < -0.4 is 10.5 Å². The zero-order valence-corrected chi connectivity index (χ0v) is 10.2. The smallest absolute Gasteiger partial charge is 0.272 e. The summed E-state index contributed by atoms with van der Waals surface area (Å²) < 4.78 is 29.6. The average Bonchev–Trinajstić information content (AvgIpc) is 2.43. The lowest BCUT2D eigenvalue weighted by Crippen LogP contribution is -2.08. The first-order valence-corrected chi connectivity index (χ1v) is 5.84. The third-order valence-electron chi connectivity index (χ3n) is 2.57. The lowest BCUT2D eigenvalue weighted by atomic mass is 10.0. The van der Waals surface area contributed by atoms with Crippen LogP contribution >= 0.6 is 0 Å². The number of halogens is 2. The van der Waals surface area contributed by atoms with Crippen LogP contribution in [0.2, 0.25) is 0 Å². The number of nitrogens with two attached hydrogens (primary N) is 1. The molecule has 0 aliphatic rings. The maximum Gasteiger partial charge on any atom is 0.272 e. The molecule has 98 valence electrons. The predicted molar refractivity (Wildman–Crippen MR) is 71.4 cm³/mol. The highest BCUT2D eigenvalue weighted by Gasteiger charge is 2.09. The van der Waals surface area contributed by atoms with E-state index in [9.17, 15) is 8.78 Å². The van der Waals surface area contributed by atoms with Crippen LogP contribution in [0.3, 0.4) is 0 Å². The first kappa shape index (κ1) is 13.3. The summed E-state index contributed by atoms with van der Waals surface area (Å²) in [4.78, 5) is 0. The third-order valence-corrected chi connectivity index (χ3v) is 2.57. The largest absolute Gasteiger partial charge is 0.486 e. The van der Waals surface area contributed by atoms with Crippen molar-refractivity contribution < 1.29 is 13.5 Å². The van der Waals surface area contributed by atoms with E-state index >= 15 is 0 Å². The number of hydrogen-bond donors (Lipinski definition) is 1. The monoisotopic (exact) mass is 261 g/mol. The minimum atomic E-state index is -2.51. The van der Waals surface area contributed by atoms with Gasteiger partial charge < -0.3 is 10.5 Å². The van der Waals surface area contributed by atoms with Crippen molar-refractivity contribution in [2.24, 2.45) is 5.73 Å². The van der Waals surface area contributed by atoms with Crippen LogP contribution in [0, 0.1) is 11.8 Å². The van der Waals surface area contributed by atoms with Gasteiger partial charge in [0.2, 0.25) is 0 Å². The molecular weight excluding hydrogens is 248 g/mol. The average molecular weight is 261 g/mol. The van der Waals surface area contributed by atoms with Crippen LogP contribution in [-0.2, 0) is 0 Å². The van der Waals surface area contributed by atoms with Crippen LogP contribution in [0.5, 0.6) is 5.75 Å². The van der Waals surface area contributed by atoms with Crippen molar-refractivity contribution in [2.45, 2.75) is 6.43 Å². The van der Waals surface area contributed by atoms with Gasteiger partial charge >= 0.3 is 0 Å². The van der Waals surface area contributed by atoms with E-state index in [0.717, 1.165) is 10.8 Å². The summed E-state index contributed by atoms with van der Waals surface area (Å²) in [5.74, 6) is 5.99. The summed E-state index contributed by atoms with van der Waals surface area (Å²) >= 11 is 0. The second kappa shape index (κ2) is 6.17. The van der Waals surface area contributed by atoms with E-state index in [2.05, 4.69) is 11.8 Å². The Hall–Kier alpha value is -2.12. The summed E-state index contributed by atoms with van der Waals surface area (Å²) in [5.41, 5.74) is 5.96.